The summed E-state index contributed by atoms with van der Waals surface area (Å²) in [6, 6.07) is 10.8. The van der Waals surface area contributed by atoms with Gasteiger partial charge in [0.15, 0.2) is 23.0 Å². The minimum Gasteiger partial charge on any atom is -0.490 e. The van der Waals surface area contributed by atoms with Crippen LogP contribution >= 0.6 is 23.5 Å². The van der Waals surface area contributed by atoms with Crippen LogP contribution in [-0.4, -0.2) is 82.8 Å². The monoisotopic (exact) mass is 709 g/mol. The third kappa shape index (κ3) is 8.81. The quantitative estimate of drug-likeness (QED) is 0.170. The van der Waals surface area contributed by atoms with E-state index in [0.29, 0.717) is 60.6 Å². The van der Waals surface area contributed by atoms with E-state index in [-0.39, 0.29) is 29.2 Å². The van der Waals surface area contributed by atoms with E-state index in [0.717, 1.165) is 55.6 Å². The molecule has 0 unspecified atom stereocenters. The molecular weight excluding hydrogens is 667 g/mol. The van der Waals surface area contributed by atoms with Crippen molar-refractivity contribution in [2.24, 2.45) is 0 Å². The Balaban J connectivity index is 1.34. The average Bonchev–Trinajstić information content (AvgIpc) is 3.51. The molecule has 1 saturated carbocycles. The highest BCUT2D eigenvalue weighted by molar-refractivity contribution is 8.18. The number of carbonyl (C=O) groups is 4. The standard InChI is InChI=1S/C36H43N3O8S2/c1-5-44-27-16-14-24(18-29(27)46-7-3)20-31-33(40)38(35(42)48-31)22-37(26-12-10-9-11-13-26)23-39-34(41)32(49-36(39)43)21-25-15-17-28(45-6-2)30(19-25)47-8-4/h14-21,26H,5-13,22-23H2,1-4H3. The van der Waals surface area contributed by atoms with E-state index >= 15 is 0 Å². The number of amides is 4. The number of hydrogen-bond donors (Lipinski definition) is 0. The summed E-state index contributed by atoms with van der Waals surface area (Å²) in [6.45, 7) is 9.35. The van der Waals surface area contributed by atoms with E-state index < -0.39 is 22.3 Å². The number of carbonyl (C=O) groups excluding carboxylic acids is 4. The SMILES string of the molecule is CCOc1ccc(C=C2SC(=O)N(CN(CN3C(=O)SC(=Cc4ccc(OCC)c(OCC)c4)C3=O)C3CCCCC3)C2=O)cc1OCC. The van der Waals surface area contributed by atoms with Gasteiger partial charge in [-0.15, -0.1) is 0 Å². The predicted octanol–water partition coefficient (Wildman–Crippen LogP) is 7.60. The molecule has 4 amide bonds. The van der Waals surface area contributed by atoms with Crippen molar-refractivity contribution in [2.75, 3.05) is 39.8 Å². The molecule has 2 aromatic rings. The van der Waals surface area contributed by atoms with Crippen LogP contribution in [0.2, 0.25) is 0 Å². The van der Waals surface area contributed by atoms with Crippen LogP contribution in [0.5, 0.6) is 23.0 Å². The van der Waals surface area contributed by atoms with Crippen molar-refractivity contribution < 1.29 is 38.1 Å². The zero-order valence-corrected chi connectivity index (χ0v) is 30.0. The summed E-state index contributed by atoms with van der Waals surface area (Å²) >= 11 is 1.75. The summed E-state index contributed by atoms with van der Waals surface area (Å²) in [4.78, 5) is 58.7. The molecule has 0 atom stereocenters. The fourth-order valence-corrected chi connectivity index (χ4v) is 7.61. The molecule has 2 saturated heterocycles. The zero-order chi connectivity index (χ0) is 34.9. The summed E-state index contributed by atoms with van der Waals surface area (Å²) < 4.78 is 22.8. The van der Waals surface area contributed by atoms with Crippen LogP contribution in [0.3, 0.4) is 0 Å². The van der Waals surface area contributed by atoms with E-state index in [2.05, 4.69) is 0 Å². The first-order valence-corrected chi connectivity index (χ1v) is 18.4. The molecule has 0 N–H and O–H groups in total. The third-order valence-electron chi connectivity index (χ3n) is 8.21. The summed E-state index contributed by atoms with van der Waals surface area (Å²) in [5.74, 6) is 1.49. The van der Waals surface area contributed by atoms with Gasteiger partial charge in [-0.25, -0.2) is 0 Å². The summed E-state index contributed by atoms with van der Waals surface area (Å²) in [6.07, 6.45) is 8.11. The number of benzene rings is 2. The molecule has 0 bridgehead atoms. The predicted molar refractivity (Wildman–Crippen MR) is 192 cm³/mol. The molecule has 0 radical (unpaired) electrons. The molecule has 0 spiro atoms. The average molecular weight is 710 g/mol. The van der Waals surface area contributed by atoms with Gasteiger partial charge in [0.1, 0.15) is 0 Å². The highest BCUT2D eigenvalue weighted by atomic mass is 32.2. The Bertz CT molecular complexity index is 1510. The normalized spacial score (nSPS) is 18.8. The molecule has 2 aromatic carbocycles. The molecule has 13 heteroatoms. The highest BCUT2D eigenvalue weighted by Gasteiger charge is 2.41. The van der Waals surface area contributed by atoms with Gasteiger partial charge in [-0.05, 0) is 112 Å². The number of hydrogen-bond acceptors (Lipinski definition) is 11. The second-order valence-corrected chi connectivity index (χ2v) is 13.5. The van der Waals surface area contributed by atoms with Crippen LogP contribution in [0.1, 0.15) is 70.9 Å². The van der Waals surface area contributed by atoms with E-state index in [1.165, 1.54) is 9.80 Å². The first-order chi connectivity index (χ1) is 23.8. The maximum absolute atomic E-state index is 13.6. The molecule has 2 aliphatic heterocycles. The van der Waals surface area contributed by atoms with Gasteiger partial charge in [-0.1, -0.05) is 31.4 Å². The molecule has 3 aliphatic rings. The van der Waals surface area contributed by atoms with Gasteiger partial charge >= 0.3 is 0 Å². The summed E-state index contributed by atoms with van der Waals surface area (Å²) in [5.41, 5.74) is 1.40. The maximum atomic E-state index is 13.6. The van der Waals surface area contributed by atoms with Crippen molar-refractivity contribution in [3.63, 3.8) is 0 Å². The molecule has 5 rings (SSSR count). The Hall–Kier alpha value is -3.94. The minimum absolute atomic E-state index is 0.00531. The fourth-order valence-electron chi connectivity index (χ4n) is 5.95. The van der Waals surface area contributed by atoms with Crippen molar-refractivity contribution in [1.82, 2.24) is 14.7 Å². The highest BCUT2D eigenvalue weighted by Crippen LogP contribution is 2.38. The number of rotatable bonds is 15. The topological polar surface area (TPSA) is 115 Å². The van der Waals surface area contributed by atoms with E-state index in [9.17, 15) is 19.2 Å². The molecular formula is C36H43N3O8S2. The van der Waals surface area contributed by atoms with Gasteiger partial charge in [-0.3, -0.25) is 33.9 Å². The van der Waals surface area contributed by atoms with Crippen molar-refractivity contribution >= 4 is 58.0 Å². The number of nitrogens with zero attached hydrogens (tertiary/aromatic N) is 3. The van der Waals surface area contributed by atoms with Crippen LogP contribution in [0.4, 0.5) is 9.59 Å². The Morgan fingerprint density at radius 3 is 1.45 bits per heavy atom. The van der Waals surface area contributed by atoms with Crippen molar-refractivity contribution in [1.29, 1.82) is 0 Å². The molecule has 49 heavy (non-hydrogen) atoms. The van der Waals surface area contributed by atoms with E-state index in [1.54, 1.807) is 36.4 Å². The lowest BCUT2D eigenvalue weighted by Crippen LogP contribution is -2.51. The number of thioether (sulfide) groups is 2. The maximum Gasteiger partial charge on any atom is 0.294 e. The van der Waals surface area contributed by atoms with Crippen molar-refractivity contribution in [3.05, 3.63) is 57.3 Å². The Kier molecular flexibility index (Phi) is 12.7. The smallest absolute Gasteiger partial charge is 0.294 e. The van der Waals surface area contributed by atoms with Crippen LogP contribution in [0.15, 0.2) is 46.2 Å². The van der Waals surface area contributed by atoms with E-state index in [1.807, 2.05) is 44.7 Å². The lowest BCUT2D eigenvalue weighted by molar-refractivity contribution is -0.127. The Morgan fingerprint density at radius 1 is 0.633 bits per heavy atom. The van der Waals surface area contributed by atoms with Crippen LogP contribution < -0.4 is 18.9 Å². The Labute approximate surface area is 295 Å². The molecule has 11 nitrogen and oxygen atoms in total. The van der Waals surface area contributed by atoms with Crippen LogP contribution in [-0.2, 0) is 9.59 Å². The molecule has 0 aromatic heterocycles. The molecule has 2 heterocycles. The lowest BCUT2D eigenvalue weighted by atomic mass is 9.94. The fraction of sp³-hybridized carbons (Fsp3) is 0.444. The number of imide groups is 2. The molecule has 1 aliphatic carbocycles. The van der Waals surface area contributed by atoms with Crippen molar-refractivity contribution in [2.45, 2.75) is 65.8 Å². The van der Waals surface area contributed by atoms with Gasteiger partial charge in [0.25, 0.3) is 22.3 Å². The van der Waals surface area contributed by atoms with Gasteiger partial charge in [0.05, 0.1) is 49.6 Å². The second kappa shape index (κ2) is 17.1. The van der Waals surface area contributed by atoms with Gasteiger partial charge in [0, 0.05) is 6.04 Å². The minimum atomic E-state index is -0.419. The van der Waals surface area contributed by atoms with Crippen molar-refractivity contribution in [3.8, 4) is 23.0 Å². The van der Waals surface area contributed by atoms with Crippen LogP contribution in [0, 0.1) is 0 Å². The Morgan fingerprint density at radius 2 is 1.04 bits per heavy atom. The van der Waals surface area contributed by atoms with Gasteiger partial charge < -0.3 is 18.9 Å². The van der Waals surface area contributed by atoms with Gasteiger partial charge in [0.2, 0.25) is 0 Å². The zero-order valence-electron chi connectivity index (χ0n) is 28.4. The molecule has 262 valence electrons. The second-order valence-electron chi connectivity index (χ2n) is 11.5. The largest absolute Gasteiger partial charge is 0.490 e. The molecule has 3 fully saturated rings. The van der Waals surface area contributed by atoms with Gasteiger partial charge in [-0.2, -0.15) is 0 Å². The van der Waals surface area contributed by atoms with E-state index in [4.69, 9.17) is 18.9 Å². The lowest BCUT2D eigenvalue weighted by Gasteiger charge is -2.37. The first-order valence-electron chi connectivity index (χ1n) is 16.8. The first kappa shape index (κ1) is 36.3. The summed E-state index contributed by atoms with van der Waals surface area (Å²) in [7, 11) is 0. The van der Waals surface area contributed by atoms with Crippen LogP contribution in [0.25, 0.3) is 12.2 Å². The number of ether oxygens (including phenoxy) is 4. The third-order valence-corrected chi connectivity index (χ3v) is 10.0. The summed E-state index contributed by atoms with van der Waals surface area (Å²) in [5, 5.41) is -0.801.